The minimum atomic E-state index is -0.355. The van der Waals surface area contributed by atoms with Crippen LogP contribution in [0.4, 0.5) is 16.3 Å². The van der Waals surface area contributed by atoms with E-state index in [1.165, 1.54) is 11.1 Å². The van der Waals surface area contributed by atoms with E-state index in [9.17, 15) is 9.59 Å². The standard InChI is InChI=1S/C23H23N5O3/c1-15(29)2-9-21-14-28(23(30)31-21)20-7-5-16(6-8-20)17-3-4-18-12-27(13-19(18)10-17)22-11-24-26-25-22/h3-8,10-11,21H,2,9,12-14H2,1H3,(H,24,25,26)/t21-/m0/s1. The SMILES string of the molecule is CC(=O)CC[C@H]1CN(c2ccc(-c3ccc4c(c3)CN(c3cn[nH]n3)C4)cc2)C(=O)O1. The molecule has 2 aromatic carbocycles. The zero-order valence-electron chi connectivity index (χ0n) is 17.2. The Labute approximate surface area is 179 Å². The molecule has 0 aliphatic carbocycles. The van der Waals surface area contributed by atoms with Gasteiger partial charge in [-0.25, -0.2) is 4.79 Å². The molecule has 1 fully saturated rings. The number of carbonyl (C=O) groups excluding carboxylic acids is 2. The van der Waals surface area contributed by atoms with E-state index in [1.807, 2.05) is 24.3 Å². The van der Waals surface area contributed by atoms with Crippen molar-refractivity contribution in [1.82, 2.24) is 15.4 Å². The van der Waals surface area contributed by atoms with Crippen LogP contribution in [0, 0.1) is 0 Å². The molecule has 31 heavy (non-hydrogen) atoms. The number of anilines is 2. The van der Waals surface area contributed by atoms with Crippen molar-refractivity contribution in [3.05, 3.63) is 59.8 Å². The van der Waals surface area contributed by atoms with Gasteiger partial charge in [0.2, 0.25) is 0 Å². The van der Waals surface area contributed by atoms with E-state index in [0.717, 1.165) is 35.7 Å². The van der Waals surface area contributed by atoms with Gasteiger partial charge in [-0.05, 0) is 53.8 Å². The third kappa shape index (κ3) is 3.88. The first-order valence-corrected chi connectivity index (χ1v) is 10.4. The van der Waals surface area contributed by atoms with E-state index >= 15 is 0 Å². The summed E-state index contributed by atoms with van der Waals surface area (Å²) in [6.45, 7) is 3.65. The third-order valence-corrected chi connectivity index (χ3v) is 5.86. The number of aromatic amines is 1. The Morgan fingerprint density at radius 1 is 1.13 bits per heavy atom. The van der Waals surface area contributed by atoms with Gasteiger partial charge in [0.1, 0.15) is 11.9 Å². The molecule has 158 valence electrons. The van der Waals surface area contributed by atoms with Crippen LogP contribution in [0.5, 0.6) is 0 Å². The Morgan fingerprint density at radius 2 is 1.90 bits per heavy atom. The van der Waals surface area contributed by atoms with Crippen LogP contribution in [0.3, 0.4) is 0 Å². The predicted molar refractivity (Wildman–Crippen MR) is 116 cm³/mol. The van der Waals surface area contributed by atoms with Crippen molar-refractivity contribution in [2.75, 3.05) is 16.3 Å². The van der Waals surface area contributed by atoms with Crippen LogP contribution in [0.25, 0.3) is 11.1 Å². The minimum Gasteiger partial charge on any atom is -0.444 e. The second-order valence-corrected chi connectivity index (χ2v) is 8.07. The molecule has 0 spiro atoms. The van der Waals surface area contributed by atoms with Crippen molar-refractivity contribution < 1.29 is 14.3 Å². The molecule has 3 aromatic rings. The fourth-order valence-corrected chi connectivity index (χ4v) is 4.16. The lowest BCUT2D eigenvalue weighted by atomic mass is 10.0. The number of ketones is 1. The smallest absolute Gasteiger partial charge is 0.414 e. The van der Waals surface area contributed by atoms with Crippen LogP contribution in [0.15, 0.2) is 48.7 Å². The summed E-state index contributed by atoms with van der Waals surface area (Å²) in [7, 11) is 0. The number of rotatable bonds is 6. The van der Waals surface area contributed by atoms with Gasteiger partial charge in [-0.1, -0.05) is 24.3 Å². The molecule has 0 saturated carbocycles. The fourth-order valence-electron chi connectivity index (χ4n) is 4.16. The molecule has 8 nitrogen and oxygen atoms in total. The molecule has 0 radical (unpaired) electrons. The number of H-pyrrole nitrogens is 1. The van der Waals surface area contributed by atoms with Crippen LogP contribution in [0.1, 0.15) is 30.9 Å². The number of fused-ring (bicyclic) bond motifs is 1. The molecule has 2 aliphatic rings. The first-order valence-electron chi connectivity index (χ1n) is 10.4. The van der Waals surface area contributed by atoms with Crippen LogP contribution >= 0.6 is 0 Å². The second-order valence-electron chi connectivity index (χ2n) is 8.07. The Balaban J connectivity index is 1.29. The number of nitrogens with one attached hydrogen (secondary N) is 1. The average molecular weight is 417 g/mol. The largest absolute Gasteiger partial charge is 0.444 e. The molecule has 2 aliphatic heterocycles. The highest BCUT2D eigenvalue weighted by molar-refractivity contribution is 5.90. The van der Waals surface area contributed by atoms with Gasteiger partial charge in [-0.15, -0.1) is 5.10 Å². The molecule has 1 atom stereocenters. The van der Waals surface area contributed by atoms with Gasteiger partial charge in [-0.2, -0.15) is 10.3 Å². The summed E-state index contributed by atoms with van der Waals surface area (Å²) in [5, 5.41) is 10.7. The van der Waals surface area contributed by atoms with Gasteiger partial charge in [0.15, 0.2) is 5.82 Å². The van der Waals surface area contributed by atoms with E-state index in [0.29, 0.717) is 19.4 Å². The highest BCUT2D eigenvalue weighted by Crippen LogP contribution is 2.32. The summed E-state index contributed by atoms with van der Waals surface area (Å²) in [5.74, 6) is 0.957. The molecular weight excluding hydrogens is 394 g/mol. The van der Waals surface area contributed by atoms with E-state index < -0.39 is 0 Å². The number of ether oxygens (including phenoxy) is 1. The maximum atomic E-state index is 12.2. The summed E-state index contributed by atoms with van der Waals surface area (Å²) in [6, 6.07) is 14.4. The highest BCUT2D eigenvalue weighted by atomic mass is 16.6. The van der Waals surface area contributed by atoms with Crippen molar-refractivity contribution in [1.29, 1.82) is 0 Å². The molecule has 8 heteroatoms. The minimum absolute atomic E-state index is 0.109. The molecule has 1 saturated heterocycles. The zero-order chi connectivity index (χ0) is 21.4. The van der Waals surface area contributed by atoms with Crippen molar-refractivity contribution in [2.24, 2.45) is 0 Å². The quantitative estimate of drug-likeness (QED) is 0.658. The number of hydrogen-bond acceptors (Lipinski definition) is 6. The Hall–Kier alpha value is -3.68. The number of Topliss-reactive ketones (excluding diaryl/α,β-unsaturated/α-hetero) is 1. The van der Waals surface area contributed by atoms with Crippen molar-refractivity contribution >= 4 is 23.4 Å². The van der Waals surface area contributed by atoms with Gasteiger partial charge >= 0.3 is 6.09 Å². The highest BCUT2D eigenvalue weighted by Gasteiger charge is 2.32. The first kappa shape index (κ1) is 19.3. The molecular formula is C23H23N5O3. The Morgan fingerprint density at radius 3 is 2.65 bits per heavy atom. The summed E-state index contributed by atoms with van der Waals surface area (Å²) < 4.78 is 5.40. The van der Waals surface area contributed by atoms with Crippen LogP contribution in [-0.4, -0.2) is 39.9 Å². The lowest BCUT2D eigenvalue weighted by molar-refractivity contribution is -0.117. The van der Waals surface area contributed by atoms with E-state index in [1.54, 1.807) is 18.0 Å². The maximum absolute atomic E-state index is 12.2. The van der Waals surface area contributed by atoms with Crippen LogP contribution in [-0.2, 0) is 22.6 Å². The van der Waals surface area contributed by atoms with Gasteiger partial charge < -0.3 is 14.4 Å². The molecule has 1 N–H and O–H groups in total. The van der Waals surface area contributed by atoms with E-state index in [2.05, 4.69) is 38.5 Å². The van der Waals surface area contributed by atoms with Crippen LogP contribution in [0.2, 0.25) is 0 Å². The molecule has 3 heterocycles. The number of nitrogens with zero attached hydrogens (tertiary/aromatic N) is 4. The normalized spacial score (nSPS) is 17.7. The van der Waals surface area contributed by atoms with Crippen molar-refractivity contribution in [2.45, 2.75) is 39.0 Å². The number of cyclic esters (lactones) is 1. The number of carbonyl (C=O) groups is 2. The summed E-state index contributed by atoms with van der Waals surface area (Å²) in [4.78, 5) is 27.2. The summed E-state index contributed by atoms with van der Waals surface area (Å²) >= 11 is 0. The van der Waals surface area contributed by atoms with E-state index in [4.69, 9.17) is 4.74 Å². The number of hydrogen-bond donors (Lipinski definition) is 1. The second kappa shape index (κ2) is 7.86. The van der Waals surface area contributed by atoms with Gasteiger partial charge in [0, 0.05) is 25.2 Å². The number of amides is 1. The van der Waals surface area contributed by atoms with E-state index in [-0.39, 0.29) is 18.0 Å². The molecule has 0 bridgehead atoms. The van der Waals surface area contributed by atoms with Crippen molar-refractivity contribution in [3.63, 3.8) is 0 Å². The summed E-state index contributed by atoms with van der Waals surface area (Å²) in [6.07, 6.45) is 2.14. The predicted octanol–water partition coefficient (Wildman–Crippen LogP) is 3.69. The summed E-state index contributed by atoms with van der Waals surface area (Å²) in [5.41, 5.74) is 5.60. The van der Waals surface area contributed by atoms with Gasteiger partial charge in [-0.3, -0.25) is 4.90 Å². The number of aromatic nitrogens is 3. The maximum Gasteiger partial charge on any atom is 0.414 e. The van der Waals surface area contributed by atoms with Gasteiger partial charge in [0.25, 0.3) is 0 Å². The lowest BCUT2D eigenvalue weighted by Gasteiger charge is -2.14. The zero-order valence-corrected chi connectivity index (χ0v) is 17.2. The van der Waals surface area contributed by atoms with Gasteiger partial charge in [0.05, 0.1) is 12.7 Å². The lowest BCUT2D eigenvalue weighted by Crippen LogP contribution is -2.24. The van der Waals surface area contributed by atoms with Crippen LogP contribution < -0.4 is 9.80 Å². The number of benzene rings is 2. The average Bonchev–Trinajstić information content (AvgIpc) is 3.51. The third-order valence-electron chi connectivity index (χ3n) is 5.86. The monoisotopic (exact) mass is 417 g/mol. The fraction of sp³-hybridized carbons (Fsp3) is 0.304. The Bertz CT molecular complexity index is 1110. The topological polar surface area (TPSA) is 91.4 Å². The molecule has 5 rings (SSSR count). The molecule has 1 aromatic heterocycles. The molecule has 1 amide bonds. The van der Waals surface area contributed by atoms with Crippen molar-refractivity contribution in [3.8, 4) is 11.1 Å². The Kier molecular flexibility index (Phi) is 4.89. The molecule has 0 unspecified atom stereocenters. The first-order chi connectivity index (χ1) is 15.1.